The lowest BCUT2D eigenvalue weighted by molar-refractivity contribution is 0.0907. The van der Waals surface area contributed by atoms with Gasteiger partial charge in [0.1, 0.15) is 12.9 Å². The van der Waals surface area contributed by atoms with Crippen LogP contribution < -0.4 is 18.9 Å². The SMILES string of the molecule is O=Cc1ccc2c(c1)O[C@@H](c1ccc3c(c1)OCO3)CO2. The maximum Gasteiger partial charge on any atom is 0.231 e. The van der Waals surface area contributed by atoms with Crippen molar-refractivity contribution in [3.63, 3.8) is 0 Å². The van der Waals surface area contributed by atoms with Crippen molar-refractivity contribution in [3.8, 4) is 23.0 Å². The standard InChI is InChI=1S/C16H12O5/c17-7-10-1-3-13-15(5-10)21-16(8-18-13)11-2-4-12-14(6-11)20-9-19-12/h1-7,16H,8-9H2/t16-/m1/s1. The number of ether oxygens (including phenoxy) is 4. The maximum atomic E-state index is 10.8. The smallest absolute Gasteiger partial charge is 0.231 e. The zero-order valence-corrected chi connectivity index (χ0v) is 11.1. The number of carbonyl (C=O) groups excluding carboxylic acids is 1. The zero-order chi connectivity index (χ0) is 14.2. The second-order valence-electron chi connectivity index (χ2n) is 4.85. The Labute approximate surface area is 121 Å². The van der Waals surface area contributed by atoms with Crippen molar-refractivity contribution >= 4 is 6.29 Å². The fourth-order valence-corrected chi connectivity index (χ4v) is 2.44. The molecule has 0 spiro atoms. The first kappa shape index (κ1) is 12.1. The number of rotatable bonds is 2. The van der Waals surface area contributed by atoms with Crippen molar-refractivity contribution in [1.82, 2.24) is 0 Å². The second kappa shape index (κ2) is 4.70. The van der Waals surface area contributed by atoms with Crippen LogP contribution in [0.4, 0.5) is 0 Å². The van der Waals surface area contributed by atoms with E-state index in [9.17, 15) is 4.79 Å². The number of aldehydes is 1. The minimum atomic E-state index is -0.242. The molecule has 21 heavy (non-hydrogen) atoms. The van der Waals surface area contributed by atoms with Crippen LogP contribution >= 0.6 is 0 Å². The third-order valence-electron chi connectivity index (χ3n) is 3.53. The van der Waals surface area contributed by atoms with Crippen LogP contribution in [-0.4, -0.2) is 19.7 Å². The van der Waals surface area contributed by atoms with E-state index in [1.165, 1.54) is 0 Å². The highest BCUT2D eigenvalue weighted by atomic mass is 16.7. The Morgan fingerprint density at radius 1 is 0.905 bits per heavy atom. The van der Waals surface area contributed by atoms with E-state index in [-0.39, 0.29) is 12.9 Å². The third-order valence-corrected chi connectivity index (χ3v) is 3.53. The summed E-state index contributed by atoms with van der Waals surface area (Å²) in [4.78, 5) is 10.8. The van der Waals surface area contributed by atoms with Gasteiger partial charge in [-0.2, -0.15) is 0 Å². The van der Waals surface area contributed by atoms with Crippen LogP contribution in [0.2, 0.25) is 0 Å². The highest BCUT2D eigenvalue weighted by Crippen LogP contribution is 2.39. The van der Waals surface area contributed by atoms with Crippen LogP contribution in [0, 0.1) is 0 Å². The van der Waals surface area contributed by atoms with Gasteiger partial charge < -0.3 is 18.9 Å². The number of carbonyl (C=O) groups is 1. The number of hydrogen-bond acceptors (Lipinski definition) is 5. The van der Waals surface area contributed by atoms with Crippen LogP contribution in [0.3, 0.4) is 0 Å². The molecule has 0 radical (unpaired) electrons. The van der Waals surface area contributed by atoms with Crippen molar-refractivity contribution in [2.45, 2.75) is 6.10 Å². The summed E-state index contributed by atoms with van der Waals surface area (Å²) in [5.41, 5.74) is 1.50. The molecule has 2 aliphatic heterocycles. The topological polar surface area (TPSA) is 54.0 Å². The Bertz CT molecular complexity index is 710. The van der Waals surface area contributed by atoms with Gasteiger partial charge in [-0.25, -0.2) is 0 Å². The highest BCUT2D eigenvalue weighted by Gasteiger charge is 2.25. The number of fused-ring (bicyclic) bond motifs is 2. The summed E-state index contributed by atoms with van der Waals surface area (Å²) in [6.45, 7) is 0.652. The molecular formula is C16H12O5. The monoisotopic (exact) mass is 284 g/mol. The first-order chi connectivity index (χ1) is 10.3. The van der Waals surface area contributed by atoms with E-state index in [0.29, 0.717) is 29.4 Å². The molecule has 2 heterocycles. The van der Waals surface area contributed by atoms with E-state index in [1.807, 2.05) is 18.2 Å². The average Bonchev–Trinajstić information content (AvgIpc) is 3.01. The molecule has 0 aliphatic carbocycles. The Morgan fingerprint density at radius 3 is 2.62 bits per heavy atom. The molecule has 0 unspecified atom stereocenters. The van der Waals surface area contributed by atoms with Gasteiger partial charge in [0.25, 0.3) is 0 Å². The van der Waals surface area contributed by atoms with Gasteiger partial charge in [0.2, 0.25) is 6.79 Å². The molecular weight excluding hydrogens is 272 g/mol. The van der Waals surface area contributed by atoms with Crippen molar-refractivity contribution in [1.29, 1.82) is 0 Å². The van der Waals surface area contributed by atoms with E-state index in [2.05, 4.69) is 0 Å². The largest absolute Gasteiger partial charge is 0.485 e. The molecule has 0 aromatic heterocycles. The van der Waals surface area contributed by atoms with E-state index in [4.69, 9.17) is 18.9 Å². The summed E-state index contributed by atoms with van der Waals surface area (Å²) < 4.78 is 22.3. The second-order valence-corrected chi connectivity index (χ2v) is 4.85. The summed E-state index contributed by atoms with van der Waals surface area (Å²) >= 11 is 0. The maximum absolute atomic E-state index is 10.8. The predicted molar refractivity (Wildman–Crippen MR) is 73.3 cm³/mol. The van der Waals surface area contributed by atoms with Crippen molar-refractivity contribution in [3.05, 3.63) is 47.5 Å². The molecule has 5 nitrogen and oxygen atoms in total. The Balaban J connectivity index is 1.64. The molecule has 0 fully saturated rings. The minimum Gasteiger partial charge on any atom is -0.485 e. The molecule has 106 valence electrons. The van der Waals surface area contributed by atoms with Crippen LogP contribution in [0.25, 0.3) is 0 Å². The molecule has 2 aromatic carbocycles. The van der Waals surface area contributed by atoms with Crippen LogP contribution in [0.5, 0.6) is 23.0 Å². The quantitative estimate of drug-likeness (QED) is 0.794. The van der Waals surface area contributed by atoms with E-state index < -0.39 is 0 Å². The molecule has 2 aliphatic rings. The van der Waals surface area contributed by atoms with E-state index >= 15 is 0 Å². The molecule has 0 amide bonds. The van der Waals surface area contributed by atoms with Gasteiger partial charge >= 0.3 is 0 Å². The van der Waals surface area contributed by atoms with Gasteiger partial charge in [0.05, 0.1) is 0 Å². The van der Waals surface area contributed by atoms with Crippen LogP contribution in [0.15, 0.2) is 36.4 Å². The van der Waals surface area contributed by atoms with Crippen molar-refractivity contribution in [2.24, 2.45) is 0 Å². The fraction of sp³-hybridized carbons (Fsp3) is 0.188. The van der Waals surface area contributed by atoms with Gasteiger partial charge in [-0.05, 0) is 35.9 Å². The molecule has 4 rings (SSSR count). The molecule has 0 saturated carbocycles. The lowest BCUT2D eigenvalue weighted by Crippen LogP contribution is -2.21. The van der Waals surface area contributed by atoms with E-state index in [1.54, 1.807) is 18.2 Å². The number of benzene rings is 2. The molecule has 1 atom stereocenters. The fourth-order valence-electron chi connectivity index (χ4n) is 2.44. The zero-order valence-electron chi connectivity index (χ0n) is 11.1. The minimum absolute atomic E-state index is 0.242. The lowest BCUT2D eigenvalue weighted by atomic mass is 10.1. The molecule has 0 N–H and O–H groups in total. The predicted octanol–water partition coefficient (Wildman–Crippen LogP) is 2.74. The van der Waals surface area contributed by atoms with Gasteiger partial charge in [-0.1, -0.05) is 6.07 Å². The van der Waals surface area contributed by atoms with Crippen molar-refractivity contribution < 1.29 is 23.7 Å². The van der Waals surface area contributed by atoms with Gasteiger partial charge in [-0.15, -0.1) is 0 Å². The summed E-state index contributed by atoms with van der Waals surface area (Å²) in [5, 5.41) is 0. The molecule has 2 aromatic rings. The summed E-state index contributed by atoms with van der Waals surface area (Å²) in [6, 6.07) is 10.8. The molecule has 0 bridgehead atoms. The first-order valence-electron chi connectivity index (χ1n) is 6.62. The molecule has 0 saturated heterocycles. The summed E-state index contributed by atoms with van der Waals surface area (Å²) in [5.74, 6) is 2.67. The Kier molecular flexibility index (Phi) is 2.70. The normalized spacial score (nSPS) is 18.4. The van der Waals surface area contributed by atoms with Crippen LogP contribution in [-0.2, 0) is 0 Å². The number of hydrogen-bond donors (Lipinski definition) is 0. The van der Waals surface area contributed by atoms with Gasteiger partial charge in [-0.3, -0.25) is 4.79 Å². The summed E-state index contributed by atoms with van der Waals surface area (Å²) in [7, 11) is 0. The Hall–Kier alpha value is -2.69. The lowest BCUT2D eigenvalue weighted by Gasteiger charge is -2.27. The first-order valence-corrected chi connectivity index (χ1v) is 6.62. The molecule has 5 heteroatoms. The average molecular weight is 284 g/mol. The van der Waals surface area contributed by atoms with Gasteiger partial charge in [0.15, 0.2) is 29.1 Å². The highest BCUT2D eigenvalue weighted by molar-refractivity contribution is 5.76. The third kappa shape index (κ3) is 2.07. The van der Waals surface area contributed by atoms with E-state index in [0.717, 1.165) is 17.6 Å². The Morgan fingerprint density at radius 2 is 1.71 bits per heavy atom. The van der Waals surface area contributed by atoms with Crippen LogP contribution in [0.1, 0.15) is 22.0 Å². The van der Waals surface area contributed by atoms with Crippen molar-refractivity contribution in [2.75, 3.05) is 13.4 Å². The van der Waals surface area contributed by atoms with Gasteiger partial charge in [0, 0.05) is 5.56 Å². The summed E-state index contributed by atoms with van der Waals surface area (Å²) in [6.07, 6.45) is 0.544.